The first-order chi connectivity index (χ1) is 9.73. The maximum Gasteiger partial charge on any atom is 0.0541 e. The molecule has 1 heterocycles. The van der Waals surface area contributed by atoms with Crippen LogP contribution < -0.4 is 17.7 Å². The Morgan fingerprint density at radius 3 is 2.29 bits per heavy atom. The molecule has 1 aromatic heterocycles. The molecule has 0 saturated heterocycles. The van der Waals surface area contributed by atoms with Crippen LogP contribution in [0.2, 0.25) is 0 Å². The van der Waals surface area contributed by atoms with Crippen molar-refractivity contribution in [1.82, 2.24) is 10.3 Å². The number of pyridine rings is 1. The summed E-state index contributed by atoms with van der Waals surface area (Å²) in [5.41, 5.74) is 1.77. The summed E-state index contributed by atoms with van der Waals surface area (Å²) in [6, 6.07) is 6.84. The molecule has 116 valence electrons. The monoisotopic (exact) mass is 305 g/mol. The van der Waals surface area contributed by atoms with Crippen LogP contribution in [-0.2, 0) is 6.54 Å². The van der Waals surface area contributed by atoms with E-state index in [1.54, 1.807) is 0 Å². The number of halogens is 1. The van der Waals surface area contributed by atoms with Crippen molar-refractivity contribution in [1.29, 1.82) is 0 Å². The van der Waals surface area contributed by atoms with Gasteiger partial charge in [-0.3, -0.25) is 4.98 Å². The SMILES string of the molecule is CC(NCc1ccccn1)C12CC3CC(CC(C3)C1)C2.[Cl-]. The minimum Gasteiger partial charge on any atom is -1.00 e. The zero-order valence-electron chi connectivity index (χ0n) is 12.9. The lowest BCUT2D eigenvalue weighted by molar-refractivity contribution is -0.0707. The Labute approximate surface area is 134 Å². The van der Waals surface area contributed by atoms with Crippen molar-refractivity contribution in [2.24, 2.45) is 23.2 Å². The van der Waals surface area contributed by atoms with Gasteiger partial charge in [-0.1, -0.05) is 6.07 Å². The van der Waals surface area contributed by atoms with E-state index in [2.05, 4.69) is 29.4 Å². The van der Waals surface area contributed by atoms with Crippen LogP contribution in [-0.4, -0.2) is 11.0 Å². The maximum atomic E-state index is 4.43. The van der Waals surface area contributed by atoms with E-state index in [-0.39, 0.29) is 12.4 Å². The van der Waals surface area contributed by atoms with E-state index >= 15 is 0 Å². The molecule has 4 saturated carbocycles. The highest BCUT2D eigenvalue weighted by Crippen LogP contribution is 2.61. The Bertz CT molecular complexity index is 438. The summed E-state index contributed by atoms with van der Waals surface area (Å²) in [4.78, 5) is 4.43. The Kier molecular flexibility index (Phi) is 4.29. The highest BCUT2D eigenvalue weighted by atomic mass is 35.5. The zero-order valence-corrected chi connectivity index (χ0v) is 13.6. The van der Waals surface area contributed by atoms with E-state index in [4.69, 9.17) is 0 Å². The number of nitrogens with zero attached hydrogens (tertiary/aromatic N) is 1. The molecule has 1 N–H and O–H groups in total. The predicted octanol–water partition coefficient (Wildman–Crippen LogP) is 0.780. The fourth-order valence-electron chi connectivity index (χ4n) is 5.68. The molecule has 3 heteroatoms. The first kappa shape index (κ1) is 15.3. The van der Waals surface area contributed by atoms with Gasteiger partial charge in [0.1, 0.15) is 0 Å². The quantitative estimate of drug-likeness (QED) is 0.889. The van der Waals surface area contributed by atoms with Gasteiger partial charge in [0.25, 0.3) is 0 Å². The molecule has 4 bridgehead atoms. The summed E-state index contributed by atoms with van der Waals surface area (Å²) >= 11 is 0. The summed E-state index contributed by atoms with van der Waals surface area (Å²) < 4.78 is 0. The molecule has 2 nitrogen and oxygen atoms in total. The summed E-state index contributed by atoms with van der Waals surface area (Å²) in [7, 11) is 0. The summed E-state index contributed by atoms with van der Waals surface area (Å²) in [6.07, 6.45) is 10.9. The van der Waals surface area contributed by atoms with Crippen LogP contribution in [0.25, 0.3) is 0 Å². The van der Waals surface area contributed by atoms with Gasteiger partial charge < -0.3 is 17.7 Å². The van der Waals surface area contributed by atoms with Crippen LogP contribution in [0.5, 0.6) is 0 Å². The van der Waals surface area contributed by atoms with E-state index in [0.29, 0.717) is 11.5 Å². The van der Waals surface area contributed by atoms with Gasteiger partial charge in [0, 0.05) is 18.8 Å². The van der Waals surface area contributed by atoms with Gasteiger partial charge in [-0.05, 0) is 80.8 Å². The Hall–Kier alpha value is -0.600. The smallest absolute Gasteiger partial charge is 0.0541 e. The minimum atomic E-state index is 0. The fourth-order valence-corrected chi connectivity index (χ4v) is 5.68. The van der Waals surface area contributed by atoms with Crippen LogP contribution in [0.1, 0.15) is 51.1 Å². The molecular formula is C18H26ClN2-. The average molecular weight is 306 g/mol. The molecule has 0 aromatic carbocycles. The second kappa shape index (κ2) is 5.89. The van der Waals surface area contributed by atoms with E-state index in [1.807, 2.05) is 12.3 Å². The van der Waals surface area contributed by atoms with Gasteiger partial charge in [0.05, 0.1) is 5.69 Å². The second-order valence-electron chi connectivity index (χ2n) is 7.70. The molecule has 1 atom stereocenters. The Balaban J connectivity index is 0.00000132. The molecule has 0 aliphatic heterocycles. The second-order valence-corrected chi connectivity index (χ2v) is 7.70. The normalized spacial score (nSPS) is 38.0. The van der Waals surface area contributed by atoms with Crippen molar-refractivity contribution in [2.75, 3.05) is 0 Å². The van der Waals surface area contributed by atoms with Crippen molar-refractivity contribution in [3.8, 4) is 0 Å². The molecule has 1 aromatic rings. The van der Waals surface area contributed by atoms with Gasteiger partial charge in [0.2, 0.25) is 0 Å². The van der Waals surface area contributed by atoms with E-state index in [0.717, 1.165) is 24.3 Å². The molecular weight excluding hydrogens is 280 g/mol. The van der Waals surface area contributed by atoms with Crippen molar-refractivity contribution < 1.29 is 12.4 Å². The summed E-state index contributed by atoms with van der Waals surface area (Å²) in [6.45, 7) is 3.35. The third-order valence-corrected chi connectivity index (χ3v) is 6.32. The fraction of sp³-hybridized carbons (Fsp3) is 0.722. The van der Waals surface area contributed by atoms with E-state index < -0.39 is 0 Å². The lowest BCUT2D eigenvalue weighted by atomic mass is 9.48. The molecule has 4 aliphatic rings. The van der Waals surface area contributed by atoms with Crippen molar-refractivity contribution in [3.63, 3.8) is 0 Å². The average Bonchev–Trinajstić information content (AvgIpc) is 2.44. The summed E-state index contributed by atoms with van der Waals surface area (Å²) in [5, 5.41) is 3.79. The summed E-state index contributed by atoms with van der Waals surface area (Å²) in [5.74, 6) is 3.13. The first-order valence-electron chi connectivity index (χ1n) is 8.37. The molecule has 0 amide bonds. The van der Waals surface area contributed by atoms with Gasteiger partial charge in [0.15, 0.2) is 0 Å². The van der Waals surface area contributed by atoms with E-state index in [1.165, 1.54) is 44.2 Å². The highest BCUT2D eigenvalue weighted by molar-refractivity contribution is 5.07. The van der Waals surface area contributed by atoms with Crippen LogP contribution in [0.3, 0.4) is 0 Å². The third kappa shape index (κ3) is 2.85. The van der Waals surface area contributed by atoms with Gasteiger partial charge in [-0.25, -0.2) is 0 Å². The first-order valence-corrected chi connectivity index (χ1v) is 8.37. The molecule has 1 unspecified atom stereocenters. The number of hydrogen-bond donors (Lipinski definition) is 1. The maximum absolute atomic E-state index is 4.43. The van der Waals surface area contributed by atoms with Gasteiger partial charge in [-0.2, -0.15) is 0 Å². The molecule has 5 rings (SSSR count). The van der Waals surface area contributed by atoms with E-state index in [9.17, 15) is 0 Å². The molecule has 0 radical (unpaired) electrons. The number of aromatic nitrogens is 1. The minimum absolute atomic E-state index is 0. The highest BCUT2D eigenvalue weighted by Gasteiger charge is 2.52. The largest absolute Gasteiger partial charge is 1.00 e. The topological polar surface area (TPSA) is 24.9 Å². The zero-order chi connectivity index (χ0) is 13.6. The predicted molar refractivity (Wildman–Crippen MR) is 81.1 cm³/mol. The van der Waals surface area contributed by atoms with Crippen LogP contribution in [0, 0.1) is 23.2 Å². The van der Waals surface area contributed by atoms with Crippen molar-refractivity contribution in [2.45, 2.75) is 58.0 Å². The standard InChI is InChI=1S/C18H26N2.ClH/c1-13(20-12-17-4-2-3-5-19-17)18-9-14-6-15(10-18)8-16(7-14)11-18;/h2-5,13-16,20H,6-12H2,1H3;1H/p-1. The van der Waals surface area contributed by atoms with Gasteiger partial charge >= 0.3 is 0 Å². The Morgan fingerprint density at radius 2 is 1.76 bits per heavy atom. The van der Waals surface area contributed by atoms with Crippen LogP contribution in [0.4, 0.5) is 0 Å². The van der Waals surface area contributed by atoms with Crippen molar-refractivity contribution in [3.05, 3.63) is 30.1 Å². The number of rotatable bonds is 4. The Morgan fingerprint density at radius 1 is 1.14 bits per heavy atom. The number of hydrogen-bond acceptors (Lipinski definition) is 2. The van der Waals surface area contributed by atoms with Gasteiger partial charge in [-0.15, -0.1) is 0 Å². The number of nitrogens with one attached hydrogen (secondary N) is 1. The lowest BCUT2D eigenvalue weighted by Crippen LogP contribution is -3.00. The van der Waals surface area contributed by atoms with Crippen LogP contribution in [0.15, 0.2) is 24.4 Å². The third-order valence-electron chi connectivity index (χ3n) is 6.32. The molecule has 0 spiro atoms. The van der Waals surface area contributed by atoms with Crippen LogP contribution >= 0.6 is 0 Å². The van der Waals surface area contributed by atoms with Crippen molar-refractivity contribution >= 4 is 0 Å². The molecule has 21 heavy (non-hydrogen) atoms. The lowest BCUT2D eigenvalue weighted by Gasteiger charge is -2.59. The molecule has 4 aliphatic carbocycles. The molecule has 4 fully saturated rings.